The fourth-order valence-corrected chi connectivity index (χ4v) is 7.69. The Bertz CT molecular complexity index is 2160. The van der Waals surface area contributed by atoms with Gasteiger partial charge < -0.3 is 24.4 Å². The summed E-state index contributed by atoms with van der Waals surface area (Å²) in [7, 11) is 0. The third-order valence-corrected chi connectivity index (χ3v) is 9.97. The highest BCUT2D eigenvalue weighted by Gasteiger charge is 2.22. The number of halogens is 5. The number of aromatic amines is 1. The summed E-state index contributed by atoms with van der Waals surface area (Å²) in [5.41, 5.74) is 2.02. The zero-order chi connectivity index (χ0) is 36.1. The summed E-state index contributed by atoms with van der Waals surface area (Å²) in [5, 5.41) is 8.88. The quantitative estimate of drug-likeness (QED) is 0.129. The van der Waals surface area contributed by atoms with Gasteiger partial charge in [0.05, 0.1) is 52.4 Å². The molecule has 21 heteroatoms. The number of anilines is 2. The van der Waals surface area contributed by atoms with Crippen LogP contribution in [-0.2, 0) is 14.0 Å². The Morgan fingerprint density at radius 3 is 1.63 bits per heavy atom. The molecule has 268 valence electrons. The number of para-hydroxylation sites is 2. The highest BCUT2D eigenvalue weighted by atomic mass is 36.0. The number of benzene rings is 2. The van der Waals surface area contributed by atoms with Crippen LogP contribution in [0.3, 0.4) is 0 Å². The van der Waals surface area contributed by atoms with Crippen molar-refractivity contribution in [1.29, 1.82) is 0 Å². The molecule has 0 unspecified atom stereocenters. The maximum atomic E-state index is 12.4. The van der Waals surface area contributed by atoms with E-state index in [9.17, 15) is 14.5 Å². The summed E-state index contributed by atoms with van der Waals surface area (Å²) < 4.78 is 22.2. The number of aromatic hydroxyl groups is 1. The number of nitrogens with zero attached hydrogens (tertiary/aromatic N) is 7. The van der Waals surface area contributed by atoms with Gasteiger partial charge in [0.2, 0.25) is 17.8 Å². The van der Waals surface area contributed by atoms with E-state index in [-0.39, 0.29) is 11.4 Å². The second-order valence-corrected chi connectivity index (χ2v) is 20.1. The van der Waals surface area contributed by atoms with Crippen molar-refractivity contribution in [3.63, 3.8) is 0 Å². The highest BCUT2D eigenvalue weighted by molar-refractivity contribution is 8.24. The maximum absolute atomic E-state index is 12.4. The Labute approximate surface area is 322 Å². The van der Waals surface area contributed by atoms with Gasteiger partial charge in [-0.1, -0.05) is 47.5 Å². The number of aromatic nitrogens is 6. The molecule has 51 heavy (non-hydrogen) atoms. The minimum Gasteiger partial charge on any atom is -0.493 e. The Morgan fingerprint density at radius 2 is 1.16 bits per heavy atom. The van der Waals surface area contributed by atoms with E-state index in [2.05, 4.69) is 63.6 Å². The molecule has 2 aromatic carbocycles. The molecule has 0 radical (unpaired) electrons. The van der Waals surface area contributed by atoms with Crippen LogP contribution in [0, 0.1) is 0 Å². The van der Waals surface area contributed by atoms with Gasteiger partial charge in [-0.2, -0.15) is 4.98 Å². The molecule has 8 rings (SSSR count). The van der Waals surface area contributed by atoms with E-state index in [4.69, 9.17) is 32.7 Å². The standard InChI is InChI=1S/C15H12Cl2N4OS.C15H14N4O3S.Cl3OP/c16-12-11(14-18-9-3-1-2-4-10(9)23-14)13(17)20-15(19-12)21-5-7-22-8-6-21;20-12-11(14-16-9-3-1-2-4-10(9)23-14)13(21)18-15(17-12)19-5-7-22-8-6-19;1-5(2,3)4/h1-4H,5-8H2;1-4H,5-8H2,(H2,17,18,20,21);. The SMILES string of the molecule is Clc1nc(N2CCOCC2)nc(Cl)c1-c1nc2ccccc2s1.O=P(Cl)(Cl)Cl.O=c1[nH]c(N2CCOCC2)nc(O)c1-c1nc2ccccc2s1. The number of H-pyrrole nitrogens is 1. The molecule has 6 aromatic rings. The van der Waals surface area contributed by atoms with Crippen molar-refractivity contribution in [1.82, 2.24) is 29.9 Å². The van der Waals surface area contributed by atoms with E-state index in [0.29, 0.717) is 72.3 Å². The van der Waals surface area contributed by atoms with Crippen LogP contribution in [0.25, 0.3) is 41.6 Å². The number of hydrogen-bond donors (Lipinski definition) is 2. The van der Waals surface area contributed by atoms with Crippen molar-refractivity contribution in [3.8, 4) is 27.0 Å². The first-order valence-corrected chi connectivity index (χ1v) is 21.9. The minimum atomic E-state index is -3.22. The van der Waals surface area contributed by atoms with Crippen molar-refractivity contribution in [2.24, 2.45) is 0 Å². The number of hydrogen-bond acceptors (Lipinski definition) is 14. The van der Waals surface area contributed by atoms with Gasteiger partial charge in [0.25, 0.3) is 5.56 Å². The molecule has 0 aliphatic carbocycles. The lowest BCUT2D eigenvalue weighted by Crippen LogP contribution is -2.38. The molecular formula is C30H26Cl5N8O5PS2. The Balaban J connectivity index is 0.000000156. The van der Waals surface area contributed by atoms with E-state index < -0.39 is 10.8 Å². The number of rotatable bonds is 4. The van der Waals surface area contributed by atoms with E-state index in [1.807, 2.05) is 58.3 Å². The number of morpholine rings is 2. The van der Waals surface area contributed by atoms with Gasteiger partial charge in [-0.25, -0.2) is 19.9 Å². The molecule has 0 saturated carbocycles. The minimum absolute atomic E-state index is 0.114. The van der Waals surface area contributed by atoms with Crippen LogP contribution in [0.1, 0.15) is 0 Å². The third kappa shape index (κ3) is 9.79. The van der Waals surface area contributed by atoms with Gasteiger partial charge in [-0.05, 0) is 58.0 Å². The Kier molecular flexibility index (Phi) is 12.6. The zero-order valence-electron chi connectivity index (χ0n) is 26.1. The first-order valence-electron chi connectivity index (χ1n) is 15.1. The maximum Gasteiger partial charge on any atom is 0.339 e. The predicted octanol–water partition coefficient (Wildman–Crippen LogP) is 8.30. The van der Waals surface area contributed by atoms with Crippen molar-refractivity contribution < 1.29 is 19.1 Å². The normalized spacial score (nSPS) is 14.9. The van der Waals surface area contributed by atoms with Gasteiger partial charge in [0.15, 0.2) is 0 Å². The smallest absolute Gasteiger partial charge is 0.339 e. The molecule has 6 heterocycles. The molecule has 2 fully saturated rings. The number of fused-ring (bicyclic) bond motifs is 2. The predicted molar refractivity (Wildman–Crippen MR) is 207 cm³/mol. The second kappa shape index (κ2) is 16.9. The van der Waals surface area contributed by atoms with Crippen LogP contribution in [0.4, 0.5) is 11.9 Å². The number of thiazole rings is 2. The molecule has 0 amide bonds. The topological polar surface area (TPSA) is 160 Å². The average Bonchev–Trinajstić information content (AvgIpc) is 3.72. The largest absolute Gasteiger partial charge is 0.493 e. The summed E-state index contributed by atoms with van der Waals surface area (Å²) in [6.07, 6.45) is 0. The van der Waals surface area contributed by atoms with E-state index >= 15 is 0 Å². The van der Waals surface area contributed by atoms with Crippen LogP contribution in [0.15, 0.2) is 53.3 Å². The van der Waals surface area contributed by atoms with Gasteiger partial charge in [-0.3, -0.25) is 14.3 Å². The van der Waals surface area contributed by atoms with Crippen molar-refractivity contribution in [2.45, 2.75) is 0 Å². The lowest BCUT2D eigenvalue weighted by molar-refractivity contribution is 0.122. The first-order chi connectivity index (χ1) is 24.4. The van der Waals surface area contributed by atoms with Crippen molar-refractivity contribution in [3.05, 3.63) is 69.2 Å². The molecule has 2 aliphatic heterocycles. The molecule has 0 atom stereocenters. The Morgan fingerprint density at radius 1 is 0.706 bits per heavy atom. The third-order valence-electron chi connectivity index (χ3n) is 7.32. The second-order valence-electron chi connectivity index (χ2n) is 10.6. The number of nitrogens with one attached hydrogen (secondary N) is 1. The van der Waals surface area contributed by atoms with E-state index in [1.165, 1.54) is 22.7 Å². The lowest BCUT2D eigenvalue weighted by atomic mass is 10.3. The van der Waals surface area contributed by atoms with Gasteiger partial charge in [0, 0.05) is 26.2 Å². The molecule has 2 N–H and O–H groups in total. The molecule has 13 nitrogen and oxygen atoms in total. The van der Waals surface area contributed by atoms with Gasteiger partial charge in [0.1, 0.15) is 25.9 Å². The fourth-order valence-electron chi connectivity index (χ4n) is 5.00. The first kappa shape index (κ1) is 37.9. The molecule has 2 saturated heterocycles. The molecule has 4 aromatic heterocycles. The summed E-state index contributed by atoms with van der Waals surface area (Å²) in [6.45, 7) is 5.16. The van der Waals surface area contributed by atoms with Crippen LogP contribution in [0.5, 0.6) is 5.88 Å². The highest BCUT2D eigenvalue weighted by Crippen LogP contribution is 2.61. The van der Waals surface area contributed by atoms with E-state index in [1.54, 1.807) is 0 Å². The average molecular weight is 851 g/mol. The summed E-state index contributed by atoms with van der Waals surface area (Å²) in [4.78, 5) is 41.0. The lowest BCUT2D eigenvalue weighted by Gasteiger charge is -2.27. The fraction of sp³-hybridized carbons (Fsp3) is 0.267. The van der Waals surface area contributed by atoms with Crippen LogP contribution < -0.4 is 15.4 Å². The van der Waals surface area contributed by atoms with E-state index in [0.717, 1.165) is 38.5 Å². The molecule has 2 aliphatic rings. The van der Waals surface area contributed by atoms with Crippen LogP contribution in [0.2, 0.25) is 10.3 Å². The van der Waals surface area contributed by atoms with Gasteiger partial charge in [-0.15, -0.1) is 22.7 Å². The molecule has 0 spiro atoms. The summed E-state index contributed by atoms with van der Waals surface area (Å²) in [5.74, 6) is 0.600. The monoisotopic (exact) mass is 848 g/mol. The van der Waals surface area contributed by atoms with Crippen molar-refractivity contribution in [2.75, 3.05) is 62.4 Å². The molecule has 0 bridgehead atoms. The zero-order valence-corrected chi connectivity index (χ0v) is 32.4. The summed E-state index contributed by atoms with van der Waals surface area (Å²) in [6, 6.07) is 15.5. The van der Waals surface area contributed by atoms with Gasteiger partial charge >= 0.3 is 5.20 Å². The van der Waals surface area contributed by atoms with Crippen molar-refractivity contribution >= 4 is 117 Å². The van der Waals surface area contributed by atoms with Crippen LogP contribution >= 0.6 is 84.8 Å². The van der Waals surface area contributed by atoms with Crippen LogP contribution in [-0.4, -0.2) is 87.6 Å². The number of ether oxygens (including phenoxy) is 2. The summed E-state index contributed by atoms with van der Waals surface area (Å²) >= 11 is 29.5. The molecular weight excluding hydrogens is 825 g/mol. The Hall–Kier alpha value is -2.82.